The van der Waals surface area contributed by atoms with Crippen LogP contribution in [-0.4, -0.2) is 15.8 Å². The van der Waals surface area contributed by atoms with Gasteiger partial charge in [0.2, 0.25) is 0 Å². The third kappa shape index (κ3) is 3.25. The molecule has 0 aliphatic rings. The van der Waals surface area contributed by atoms with E-state index in [1.165, 1.54) is 11.6 Å². The fourth-order valence-corrected chi connectivity index (χ4v) is 2.40. The Balaban J connectivity index is 2.23. The summed E-state index contributed by atoms with van der Waals surface area (Å²) >= 11 is 0. The molecule has 3 nitrogen and oxygen atoms in total. The Bertz CT molecular complexity index is 589. The van der Waals surface area contributed by atoms with Gasteiger partial charge in [-0.25, -0.2) is 4.39 Å². The van der Waals surface area contributed by atoms with Crippen molar-refractivity contribution in [1.29, 1.82) is 0 Å². The molecule has 2 N–H and O–H groups in total. The third-order valence-electron chi connectivity index (χ3n) is 3.74. The minimum atomic E-state index is -0.211. The zero-order chi connectivity index (χ0) is 14.7. The fourth-order valence-electron chi connectivity index (χ4n) is 2.40. The summed E-state index contributed by atoms with van der Waals surface area (Å²) in [5.74, 6) is -0.211. The Kier molecular flexibility index (Phi) is 4.55. The zero-order valence-corrected chi connectivity index (χ0v) is 12.4. The SMILES string of the molecule is CCC(N)Cc1c(C)nn(Cc2cccc(F)c2)c1C. The normalized spacial score (nSPS) is 12.7. The highest BCUT2D eigenvalue weighted by atomic mass is 19.1. The van der Waals surface area contributed by atoms with E-state index in [0.29, 0.717) is 6.54 Å². The van der Waals surface area contributed by atoms with Gasteiger partial charge in [0.25, 0.3) is 0 Å². The molecule has 0 spiro atoms. The molecule has 0 saturated carbocycles. The van der Waals surface area contributed by atoms with E-state index in [4.69, 9.17) is 5.73 Å². The molecule has 0 aliphatic carbocycles. The van der Waals surface area contributed by atoms with E-state index in [0.717, 1.165) is 29.8 Å². The zero-order valence-electron chi connectivity index (χ0n) is 12.4. The number of aryl methyl sites for hydroxylation is 1. The van der Waals surface area contributed by atoms with E-state index in [2.05, 4.69) is 18.9 Å². The lowest BCUT2D eigenvalue weighted by molar-refractivity contribution is 0.614. The predicted molar refractivity (Wildman–Crippen MR) is 79.2 cm³/mol. The van der Waals surface area contributed by atoms with Crippen molar-refractivity contribution < 1.29 is 4.39 Å². The van der Waals surface area contributed by atoms with Gasteiger partial charge < -0.3 is 5.73 Å². The van der Waals surface area contributed by atoms with E-state index in [1.54, 1.807) is 12.1 Å². The van der Waals surface area contributed by atoms with Crippen LogP contribution in [0.4, 0.5) is 4.39 Å². The van der Waals surface area contributed by atoms with Gasteiger partial charge >= 0.3 is 0 Å². The van der Waals surface area contributed by atoms with Gasteiger partial charge in [-0.05, 0) is 49.9 Å². The summed E-state index contributed by atoms with van der Waals surface area (Å²) in [5, 5.41) is 4.56. The topological polar surface area (TPSA) is 43.8 Å². The molecule has 1 heterocycles. The number of rotatable bonds is 5. The van der Waals surface area contributed by atoms with Gasteiger partial charge in [-0.1, -0.05) is 19.1 Å². The van der Waals surface area contributed by atoms with Gasteiger partial charge in [0.05, 0.1) is 12.2 Å². The standard InChI is InChI=1S/C16H22FN3/c1-4-15(18)9-16-11(2)19-20(12(16)3)10-13-6-5-7-14(17)8-13/h5-8,15H,4,9-10,18H2,1-3H3. The minimum absolute atomic E-state index is 0.166. The van der Waals surface area contributed by atoms with E-state index in [-0.39, 0.29) is 11.9 Å². The molecular weight excluding hydrogens is 253 g/mol. The number of hydrogen-bond acceptors (Lipinski definition) is 2. The van der Waals surface area contributed by atoms with E-state index in [9.17, 15) is 4.39 Å². The molecule has 4 heteroatoms. The molecule has 2 rings (SSSR count). The van der Waals surface area contributed by atoms with E-state index in [1.807, 2.05) is 17.7 Å². The van der Waals surface area contributed by atoms with Crippen LogP contribution >= 0.6 is 0 Å². The molecule has 0 bridgehead atoms. The maximum absolute atomic E-state index is 13.2. The van der Waals surface area contributed by atoms with Crippen LogP contribution in [0.1, 0.15) is 35.9 Å². The highest BCUT2D eigenvalue weighted by Crippen LogP contribution is 2.17. The lowest BCUT2D eigenvalue weighted by Crippen LogP contribution is -2.22. The molecular formula is C16H22FN3. The number of aromatic nitrogens is 2. The van der Waals surface area contributed by atoms with Crippen molar-refractivity contribution in [3.63, 3.8) is 0 Å². The minimum Gasteiger partial charge on any atom is -0.327 e. The predicted octanol–water partition coefficient (Wildman–Crippen LogP) is 2.97. The molecule has 1 unspecified atom stereocenters. The lowest BCUT2D eigenvalue weighted by atomic mass is 10.0. The van der Waals surface area contributed by atoms with Gasteiger partial charge in [-0.2, -0.15) is 5.10 Å². The lowest BCUT2D eigenvalue weighted by Gasteiger charge is -2.09. The number of benzene rings is 1. The Morgan fingerprint density at radius 2 is 2.10 bits per heavy atom. The molecule has 1 aromatic heterocycles. The fraction of sp³-hybridized carbons (Fsp3) is 0.438. The molecule has 2 aromatic rings. The molecule has 0 saturated heterocycles. The number of hydrogen-bond donors (Lipinski definition) is 1. The molecule has 108 valence electrons. The Labute approximate surface area is 119 Å². The van der Waals surface area contributed by atoms with Gasteiger partial charge in [0, 0.05) is 11.7 Å². The van der Waals surface area contributed by atoms with Crippen molar-refractivity contribution in [2.24, 2.45) is 5.73 Å². The molecule has 0 aliphatic heterocycles. The first-order valence-corrected chi connectivity index (χ1v) is 7.04. The number of nitrogens with zero attached hydrogens (tertiary/aromatic N) is 2. The maximum Gasteiger partial charge on any atom is 0.123 e. The maximum atomic E-state index is 13.2. The van der Waals surface area contributed by atoms with Crippen molar-refractivity contribution in [3.8, 4) is 0 Å². The monoisotopic (exact) mass is 275 g/mol. The van der Waals surface area contributed by atoms with Gasteiger partial charge in [0.15, 0.2) is 0 Å². The second kappa shape index (κ2) is 6.18. The highest BCUT2D eigenvalue weighted by molar-refractivity contribution is 5.27. The summed E-state index contributed by atoms with van der Waals surface area (Å²) in [4.78, 5) is 0. The van der Waals surface area contributed by atoms with Crippen molar-refractivity contribution >= 4 is 0 Å². The molecule has 1 aromatic carbocycles. The van der Waals surface area contributed by atoms with Crippen LogP contribution in [0.15, 0.2) is 24.3 Å². The first-order chi connectivity index (χ1) is 9.51. The van der Waals surface area contributed by atoms with Crippen molar-refractivity contribution in [3.05, 3.63) is 52.6 Å². The van der Waals surface area contributed by atoms with Crippen molar-refractivity contribution in [2.45, 2.75) is 46.2 Å². The van der Waals surface area contributed by atoms with Gasteiger partial charge in [-0.15, -0.1) is 0 Å². The third-order valence-corrected chi connectivity index (χ3v) is 3.74. The number of halogens is 1. The first kappa shape index (κ1) is 14.7. The van der Waals surface area contributed by atoms with Crippen LogP contribution in [0.5, 0.6) is 0 Å². The van der Waals surface area contributed by atoms with Gasteiger partial charge in [-0.3, -0.25) is 4.68 Å². The van der Waals surface area contributed by atoms with E-state index < -0.39 is 0 Å². The quantitative estimate of drug-likeness (QED) is 0.911. The number of nitrogens with two attached hydrogens (primary N) is 1. The van der Waals surface area contributed by atoms with Crippen molar-refractivity contribution in [1.82, 2.24) is 9.78 Å². The van der Waals surface area contributed by atoms with Crippen LogP contribution < -0.4 is 5.73 Å². The Hall–Kier alpha value is -1.68. The van der Waals surface area contributed by atoms with Crippen LogP contribution in [0, 0.1) is 19.7 Å². The van der Waals surface area contributed by atoms with Crippen molar-refractivity contribution in [2.75, 3.05) is 0 Å². The second-order valence-electron chi connectivity index (χ2n) is 5.31. The second-order valence-corrected chi connectivity index (χ2v) is 5.31. The molecule has 20 heavy (non-hydrogen) atoms. The van der Waals surface area contributed by atoms with E-state index >= 15 is 0 Å². The molecule has 1 atom stereocenters. The van der Waals surface area contributed by atoms with Gasteiger partial charge in [0.1, 0.15) is 5.82 Å². The summed E-state index contributed by atoms with van der Waals surface area (Å²) in [6.45, 7) is 6.74. The summed E-state index contributed by atoms with van der Waals surface area (Å²) in [7, 11) is 0. The largest absolute Gasteiger partial charge is 0.327 e. The highest BCUT2D eigenvalue weighted by Gasteiger charge is 2.14. The summed E-state index contributed by atoms with van der Waals surface area (Å²) in [6.07, 6.45) is 1.80. The Morgan fingerprint density at radius 1 is 1.35 bits per heavy atom. The molecule has 0 amide bonds. The Morgan fingerprint density at radius 3 is 2.75 bits per heavy atom. The average Bonchev–Trinajstić information content (AvgIpc) is 2.66. The van der Waals surface area contributed by atoms with Crippen LogP contribution in [-0.2, 0) is 13.0 Å². The summed E-state index contributed by atoms with van der Waals surface area (Å²) in [6, 6.07) is 6.81. The average molecular weight is 275 g/mol. The summed E-state index contributed by atoms with van der Waals surface area (Å²) < 4.78 is 15.2. The molecule has 0 fully saturated rings. The van der Waals surface area contributed by atoms with Crippen LogP contribution in [0.2, 0.25) is 0 Å². The molecule has 0 radical (unpaired) electrons. The smallest absolute Gasteiger partial charge is 0.123 e. The van der Waals surface area contributed by atoms with Crippen LogP contribution in [0.3, 0.4) is 0 Å². The first-order valence-electron chi connectivity index (χ1n) is 7.04. The van der Waals surface area contributed by atoms with Crippen LogP contribution in [0.25, 0.3) is 0 Å². The summed E-state index contributed by atoms with van der Waals surface area (Å²) in [5.41, 5.74) is 10.3.